The van der Waals surface area contributed by atoms with Gasteiger partial charge in [0, 0.05) is 18.1 Å². The minimum absolute atomic E-state index is 0.789. The summed E-state index contributed by atoms with van der Waals surface area (Å²) >= 11 is 0. The lowest BCUT2D eigenvalue weighted by molar-refractivity contribution is 0.545. The summed E-state index contributed by atoms with van der Waals surface area (Å²) in [5.41, 5.74) is 8.95. The van der Waals surface area contributed by atoms with E-state index in [-0.39, 0.29) is 0 Å². The molecule has 0 unspecified atom stereocenters. The highest BCUT2D eigenvalue weighted by molar-refractivity contribution is 5.96. The van der Waals surface area contributed by atoms with Crippen LogP contribution in [0, 0.1) is 5.92 Å². The molecule has 0 bridgehead atoms. The zero-order valence-electron chi connectivity index (χ0n) is 11.8. The molecule has 3 heteroatoms. The zero-order chi connectivity index (χ0) is 13.7. The van der Waals surface area contributed by atoms with Crippen LogP contribution in [-0.4, -0.2) is 11.5 Å². The number of pyridine rings is 1. The summed E-state index contributed by atoms with van der Waals surface area (Å²) in [6.45, 7) is 5.51. The third kappa shape index (κ3) is 3.60. The number of nitrogens with zero attached hydrogens (tertiary/aromatic N) is 1. The molecule has 1 heterocycles. The Bertz CT molecular complexity index is 535. The fourth-order valence-corrected chi connectivity index (χ4v) is 2.23. The van der Waals surface area contributed by atoms with E-state index in [0.29, 0.717) is 0 Å². The molecule has 0 radical (unpaired) electrons. The number of hydrogen-bond acceptors (Lipinski definition) is 3. The van der Waals surface area contributed by atoms with E-state index < -0.39 is 0 Å². The first-order valence-corrected chi connectivity index (χ1v) is 7.05. The van der Waals surface area contributed by atoms with Crippen molar-refractivity contribution in [3.8, 4) is 0 Å². The summed E-state index contributed by atoms with van der Waals surface area (Å²) in [6.07, 6.45) is 5.53. The molecule has 1 aromatic heterocycles. The number of nitrogen functional groups attached to an aromatic ring is 1. The van der Waals surface area contributed by atoms with E-state index in [1.54, 1.807) is 6.20 Å². The molecule has 3 N–H and O–H groups in total. The summed E-state index contributed by atoms with van der Waals surface area (Å²) in [5, 5.41) is 4.45. The molecular formula is C16H23N3. The molecule has 0 aliphatic rings. The first kappa shape index (κ1) is 13.7. The highest BCUT2D eigenvalue weighted by atomic mass is 14.9. The van der Waals surface area contributed by atoms with Gasteiger partial charge < -0.3 is 11.1 Å². The topological polar surface area (TPSA) is 50.9 Å². The van der Waals surface area contributed by atoms with Crippen LogP contribution >= 0.6 is 0 Å². The van der Waals surface area contributed by atoms with E-state index in [4.69, 9.17) is 5.73 Å². The van der Waals surface area contributed by atoms with Gasteiger partial charge in [-0.05, 0) is 36.6 Å². The normalized spacial score (nSPS) is 11.1. The minimum atomic E-state index is 0.789. The second kappa shape index (κ2) is 6.41. The predicted octanol–water partition coefficient (Wildman–Crippen LogP) is 4.06. The van der Waals surface area contributed by atoms with Crippen molar-refractivity contribution < 1.29 is 0 Å². The van der Waals surface area contributed by atoms with Crippen molar-refractivity contribution in [2.45, 2.75) is 33.1 Å². The maximum atomic E-state index is 6.18. The van der Waals surface area contributed by atoms with Gasteiger partial charge in [0.2, 0.25) is 0 Å². The van der Waals surface area contributed by atoms with Gasteiger partial charge in [0.1, 0.15) is 0 Å². The Kier molecular flexibility index (Phi) is 4.61. The van der Waals surface area contributed by atoms with Crippen LogP contribution in [0.4, 0.5) is 11.4 Å². The summed E-state index contributed by atoms with van der Waals surface area (Å²) in [5.74, 6) is 0.789. The molecular weight excluding hydrogens is 234 g/mol. The van der Waals surface area contributed by atoms with Crippen molar-refractivity contribution in [1.82, 2.24) is 4.98 Å². The van der Waals surface area contributed by atoms with E-state index in [1.165, 1.54) is 19.3 Å². The minimum Gasteiger partial charge on any atom is -0.397 e. The van der Waals surface area contributed by atoms with Gasteiger partial charge in [0.25, 0.3) is 0 Å². The largest absolute Gasteiger partial charge is 0.397 e. The summed E-state index contributed by atoms with van der Waals surface area (Å²) in [4.78, 5) is 4.30. The molecule has 2 rings (SSSR count). The van der Waals surface area contributed by atoms with Crippen molar-refractivity contribution in [2.75, 3.05) is 17.6 Å². The smallest absolute Gasteiger partial charge is 0.0724 e. The number of nitrogens with two attached hydrogens (primary N) is 1. The number of nitrogens with one attached hydrogen (secondary N) is 1. The Balaban J connectivity index is 1.96. The highest BCUT2D eigenvalue weighted by Gasteiger charge is 2.04. The van der Waals surface area contributed by atoms with Gasteiger partial charge in [-0.25, -0.2) is 0 Å². The van der Waals surface area contributed by atoms with Gasteiger partial charge in [-0.3, -0.25) is 4.98 Å². The molecule has 0 aliphatic carbocycles. The lowest BCUT2D eigenvalue weighted by Crippen LogP contribution is -2.05. The first-order valence-electron chi connectivity index (χ1n) is 7.05. The Labute approximate surface area is 115 Å². The number of unbranched alkanes of at least 4 members (excludes halogenated alkanes) is 1. The van der Waals surface area contributed by atoms with Crippen LogP contribution in [0.2, 0.25) is 0 Å². The third-order valence-electron chi connectivity index (χ3n) is 3.35. The molecule has 0 saturated heterocycles. The number of aromatic nitrogens is 1. The Morgan fingerprint density at radius 1 is 1.21 bits per heavy atom. The van der Waals surface area contributed by atoms with E-state index in [1.807, 2.05) is 24.3 Å². The molecule has 0 atom stereocenters. The number of anilines is 2. The van der Waals surface area contributed by atoms with Gasteiger partial charge in [0.05, 0.1) is 16.9 Å². The molecule has 2 aromatic rings. The number of benzene rings is 1. The Morgan fingerprint density at radius 2 is 2.05 bits per heavy atom. The van der Waals surface area contributed by atoms with Crippen LogP contribution in [-0.2, 0) is 0 Å². The second-order valence-corrected chi connectivity index (χ2v) is 5.41. The summed E-state index contributed by atoms with van der Waals surface area (Å²) in [7, 11) is 0. The molecule has 0 aliphatic heterocycles. The summed E-state index contributed by atoms with van der Waals surface area (Å²) in [6, 6.07) is 7.97. The zero-order valence-corrected chi connectivity index (χ0v) is 11.8. The predicted molar refractivity (Wildman–Crippen MR) is 83.3 cm³/mol. The van der Waals surface area contributed by atoms with E-state index in [2.05, 4.69) is 24.1 Å². The lowest BCUT2D eigenvalue weighted by Gasteiger charge is -2.11. The highest BCUT2D eigenvalue weighted by Crippen LogP contribution is 2.27. The van der Waals surface area contributed by atoms with Gasteiger partial charge >= 0.3 is 0 Å². The van der Waals surface area contributed by atoms with Crippen molar-refractivity contribution >= 4 is 22.3 Å². The van der Waals surface area contributed by atoms with Crippen LogP contribution in [0.5, 0.6) is 0 Å². The van der Waals surface area contributed by atoms with Crippen LogP contribution in [0.15, 0.2) is 30.5 Å². The molecule has 102 valence electrons. The second-order valence-electron chi connectivity index (χ2n) is 5.41. The Morgan fingerprint density at radius 3 is 2.84 bits per heavy atom. The molecule has 3 nitrogen and oxygen atoms in total. The van der Waals surface area contributed by atoms with E-state index in [0.717, 1.165) is 34.7 Å². The average molecular weight is 257 g/mol. The van der Waals surface area contributed by atoms with Gasteiger partial charge in [-0.2, -0.15) is 0 Å². The van der Waals surface area contributed by atoms with Gasteiger partial charge in [-0.1, -0.05) is 26.7 Å². The van der Waals surface area contributed by atoms with Crippen LogP contribution in [0.25, 0.3) is 10.9 Å². The van der Waals surface area contributed by atoms with Gasteiger partial charge in [0.15, 0.2) is 0 Å². The average Bonchev–Trinajstić information content (AvgIpc) is 2.41. The number of hydrogen-bond donors (Lipinski definition) is 2. The molecule has 0 spiro atoms. The number of fused-ring (bicyclic) bond motifs is 1. The molecule has 0 saturated carbocycles. The van der Waals surface area contributed by atoms with Gasteiger partial charge in [-0.15, -0.1) is 0 Å². The van der Waals surface area contributed by atoms with Crippen LogP contribution < -0.4 is 11.1 Å². The van der Waals surface area contributed by atoms with E-state index >= 15 is 0 Å². The SMILES string of the molecule is CC(C)CCCCNc1ccc2ncccc2c1N. The molecule has 19 heavy (non-hydrogen) atoms. The first-order chi connectivity index (χ1) is 9.18. The van der Waals surface area contributed by atoms with Crippen molar-refractivity contribution in [2.24, 2.45) is 5.92 Å². The maximum Gasteiger partial charge on any atom is 0.0724 e. The number of rotatable bonds is 6. The van der Waals surface area contributed by atoms with E-state index in [9.17, 15) is 0 Å². The fourth-order valence-electron chi connectivity index (χ4n) is 2.23. The maximum absolute atomic E-state index is 6.18. The standard InChI is InChI=1S/C16H23N3/c1-12(2)6-3-4-10-19-15-9-8-14-13(16(15)17)7-5-11-18-14/h5,7-9,11-12,19H,3-4,6,10,17H2,1-2H3. The van der Waals surface area contributed by atoms with Crippen molar-refractivity contribution in [1.29, 1.82) is 0 Å². The molecule has 0 amide bonds. The lowest BCUT2D eigenvalue weighted by atomic mass is 10.1. The fraction of sp³-hybridized carbons (Fsp3) is 0.438. The quantitative estimate of drug-likeness (QED) is 0.606. The Hall–Kier alpha value is -1.77. The summed E-state index contributed by atoms with van der Waals surface area (Å²) < 4.78 is 0. The monoisotopic (exact) mass is 257 g/mol. The van der Waals surface area contributed by atoms with Crippen molar-refractivity contribution in [3.63, 3.8) is 0 Å². The van der Waals surface area contributed by atoms with Crippen molar-refractivity contribution in [3.05, 3.63) is 30.5 Å². The molecule has 0 fully saturated rings. The third-order valence-corrected chi connectivity index (χ3v) is 3.35. The molecule has 1 aromatic carbocycles. The van der Waals surface area contributed by atoms with Crippen LogP contribution in [0.3, 0.4) is 0 Å². The van der Waals surface area contributed by atoms with Crippen LogP contribution in [0.1, 0.15) is 33.1 Å².